The third-order valence-corrected chi connectivity index (χ3v) is 5.39. The van der Waals surface area contributed by atoms with Crippen molar-refractivity contribution in [1.29, 1.82) is 0 Å². The molecule has 0 N–H and O–H groups in total. The zero-order valence-corrected chi connectivity index (χ0v) is 19.4. The van der Waals surface area contributed by atoms with Crippen LogP contribution in [0.25, 0.3) is 0 Å². The predicted octanol–water partition coefficient (Wildman–Crippen LogP) is 6.56. The van der Waals surface area contributed by atoms with E-state index in [2.05, 4.69) is 27.7 Å². The first-order valence-corrected chi connectivity index (χ1v) is 11.7. The Bertz CT molecular complexity index is 403. The Morgan fingerprint density at radius 2 is 1.25 bits per heavy atom. The van der Waals surface area contributed by atoms with E-state index in [-0.39, 0.29) is 17.9 Å². The second kappa shape index (κ2) is 16.9. The highest BCUT2D eigenvalue weighted by Gasteiger charge is 2.33. The van der Waals surface area contributed by atoms with Crippen LogP contribution in [0.15, 0.2) is 0 Å². The molecule has 4 heteroatoms. The predicted molar refractivity (Wildman–Crippen MR) is 116 cm³/mol. The standard InChI is InChI=1S/C24H46O4/c1-7-17-27-22(25)16-14-12-10-9-11-13-15-21(19(3)4)23(20(5)6)24(26)28-18-8-2/h19-21,23H,7-18H2,1-6H3. The first kappa shape index (κ1) is 26.9. The number of hydrogen-bond donors (Lipinski definition) is 0. The highest BCUT2D eigenvalue weighted by molar-refractivity contribution is 5.73. The molecular weight excluding hydrogens is 352 g/mol. The summed E-state index contributed by atoms with van der Waals surface area (Å²) in [6.07, 6.45) is 10.1. The lowest BCUT2D eigenvalue weighted by Crippen LogP contribution is -2.33. The smallest absolute Gasteiger partial charge is 0.309 e. The van der Waals surface area contributed by atoms with Crippen molar-refractivity contribution in [3.05, 3.63) is 0 Å². The second-order valence-corrected chi connectivity index (χ2v) is 8.73. The maximum Gasteiger partial charge on any atom is 0.309 e. The minimum absolute atomic E-state index is 0.000633. The summed E-state index contributed by atoms with van der Waals surface area (Å²) in [7, 11) is 0. The Balaban J connectivity index is 4.15. The largest absolute Gasteiger partial charge is 0.466 e. The topological polar surface area (TPSA) is 52.6 Å². The van der Waals surface area contributed by atoms with Crippen LogP contribution in [0.1, 0.15) is 106 Å². The Labute approximate surface area is 174 Å². The average molecular weight is 399 g/mol. The molecule has 0 spiro atoms. The van der Waals surface area contributed by atoms with Crippen molar-refractivity contribution in [2.45, 2.75) is 106 Å². The minimum atomic E-state index is -0.0590. The number of carbonyl (C=O) groups is 2. The fourth-order valence-electron chi connectivity index (χ4n) is 3.81. The molecule has 166 valence electrons. The normalized spacial score (nSPS) is 13.6. The maximum atomic E-state index is 12.6. The molecule has 0 amide bonds. The monoisotopic (exact) mass is 398 g/mol. The van der Waals surface area contributed by atoms with E-state index in [1.54, 1.807) is 0 Å². The van der Waals surface area contributed by atoms with E-state index in [0.717, 1.165) is 38.5 Å². The van der Waals surface area contributed by atoms with Gasteiger partial charge in [0, 0.05) is 6.42 Å². The summed E-state index contributed by atoms with van der Waals surface area (Å²) in [5.74, 6) is 1.11. The third-order valence-electron chi connectivity index (χ3n) is 5.39. The van der Waals surface area contributed by atoms with Gasteiger partial charge in [-0.1, -0.05) is 73.6 Å². The molecule has 0 aliphatic heterocycles. The summed E-state index contributed by atoms with van der Waals surface area (Å²) in [5.41, 5.74) is 0. The van der Waals surface area contributed by atoms with Crippen LogP contribution in [0.2, 0.25) is 0 Å². The van der Waals surface area contributed by atoms with Gasteiger partial charge >= 0.3 is 11.9 Å². The van der Waals surface area contributed by atoms with Crippen LogP contribution in [-0.4, -0.2) is 25.2 Å². The van der Waals surface area contributed by atoms with Crippen LogP contribution in [0.5, 0.6) is 0 Å². The van der Waals surface area contributed by atoms with E-state index in [1.807, 2.05) is 13.8 Å². The molecule has 0 saturated carbocycles. The van der Waals surface area contributed by atoms with Crippen LogP contribution in [0, 0.1) is 23.7 Å². The average Bonchev–Trinajstić information content (AvgIpc) is 2.64. The van der Waals surface area contributed by atoms with Gasteiger partial charge in [0.15, 0.2) is 0 Å². The van der Waals surface area contributed by atoms with Gasteiger partial charge in [0.2, 0.25) is 0 Å². The summed E-state index contributed by atoms with van der Waals surface area (Å²) in [6, 6.07) is 0. The van der Waals surface area contributed by atoms with Gasteiger partial charge in [0.25, 0.3) is 0 Å². The summed E-state index contributed by atoms with van der Waals surface area (Å²) in [5, 5.41) is 0. The number of ether oxygens (including phenoxy) is 2. The second-order valence-electron chi connectivity index (χ2n) is 8.73. The highest BCUT2D eigenvalue weighted by Crippen LogP contribution is 2.33. The molecule has 2 unspecified atom stereocenters. The van der Waals surface area contributed by atoms with Gasteiger partial charge in [0.1, 0.15) is 0 Å². The van der Waals surface area contributed by atoms with Gasteiger partial charge in [-0.3, -0.25) is 9.59 Å². The molecule has 0 fully saturated rings. The van der Waals surface area contributed by atoms with E-state index < -0.39 is 0 Å². The van der Waals surface area contributed by atoms with Crippen molar-refractivity contribution >= 4 is 11.9 Å². The van der Waals surface area contributed by atoms with Gasteiger partial charge in [0.05, 0.1) is 19.1 Å². The Kier molecular flexibility index (Phi) is 16.2. The van der Waals surface area contributed by atoms with Crippen LogP contribution in [-0.2, 0) is 19.1 Å². The fraction of sp³-hybridized carbons (Fsp3) is 0.917. The third kappa shape index (κ3) is 12.4. The van der Waals surface area contributed by atoms with E-state index in [4.69, 9.17) is 9.47 Å². The Hall–Kier alpha value is -1.06. The summed E-state index contributed by atoms with van der Waals surface area (Å²) in [4.78, 5) is 24.0. The highest BCUT2D eigenvalue weighted by atomic mass is 16.5. The molecule has 0 aromatic rings. The Morgan fingerprint density at radius 1 is 0.714 bits per heavy atom. The van der Waals surface area contributed by atoms with Crippen LogP contribution in [0.4, 0.5) is 0 Å². The van der Waals surface area contributed by atoms with Gasteiger partial charge in [-0.05, 0) is 43.4 Å². The van der Waals surface area contributed by atoms with E-state index >= 15 is 0 Å². The summed E-state index contributed by atoms with van der Waals surface area (Å²) >= 11 is 0. The quantitative estimate of drug-likeness (QED) is 0.206. The number of carbonyl (C=O) groups excluding carboxylic acids is 2. The molecule has 0 rings (SSSR count). The van der Waals surface area contributed by atoms with Crippen LogP contribution < -0.4 is 0 Å². The molecule has 0 bridgehead atoms. The number of rotatable bonds is 17. The molecule has 0 radical (unpaired) electrons. The van der Waals surface area contributed by atoms with Gasteiger partial charge < -0.3 is 9.47 Å². The zero-order valence-electron chi connectivity index (χ0n) is 19.4. The van der Waals surface area contributed by atoms with Gasteiger partial charge in [-0.25, -0.2) is 0 Å². The maximum absolute atomic E-state index is 12.6. The number of hydrogen-bond acceptors (Lipinski definition) is 4. The lowest BCUT2D eigenvalue weighted by Gasteiger charge is -2.31. The zero-order chi connectivity index (χ0) is 21.4. The van der Waals surface area contributed by atoms with Gasteiger partial charge in [-0.15, -0.1) is 0 Å². The summed E-state index contributed by atoms with van der Waals surface area (Å²) < 4.78 is 10.6. The number of unbranched alkanes of at least 4 members (excludes halogenated alkanes) is 5. The van der Waals surface area contributed by atoms with E-state index in [1.165, 1.54) is 19.3 Å². The molecular formula is C24H46O4. The van der Waals surface area contributed by atoms with Crippen molar-refractivity contribution < 1.29 is 19.1 Å². The van der Waals surface area contributed by atoms with Crippen molar-refractivity contribution in [2.75, 3.05) is 13.2 Å². The van der Waals surface area contributed by atoms with Crippen LogP contribution in [0.3, 0.4) is 0 Å². The first-order chi connectivity index (χ1) is 13.3. The lowest BCUT2D eigenvalue weighted by atomic mass is 9.74. The molecule has 0 aliphatic carbocycles. The fourth-order valence-corrected chi connectivity index (χ4v) is 3.81. The lowest BCUT2D eigenvalue weighted by molar-refractivity contribution is -0.153. The van der Waals surface area contributed by atoms with Crippen molar-refractivity contribution in [2.24, 2.45) is 23.7 Å². The van der Waals surface area contributed by atoms with Gasteiger partial charge in [-0.2, -0.15) is 0 Å². The molecule has 4 nitrogen and oxygen atoms in total. The molecule has 0 aromatic carbocycles. The van der Waals surface area contributed by atoms with Crippen molar-refractivity contribution in [1.82, 2.24) is 0 Å². The summed E-state index contributed by atoms with van der Waals surface area (Å²) in [6.45, 7) is 13.8. The van der Waals surface area contributed by atoms with Crippen LogP contribution >= 0.6 is 0 Å². The SMILES string of the molecule is CCCOC(=O)CCCCCCCCC(C(C)C)C(C(=O)OCCC)C(C)C. The first-order valence-electron chi connectivity index (χ1n) is 11.7. The van der Waals surface area contributed by atoms with E-state index in [0.29, 0.717) is 37.4 Å². The Morgan fingerprint density at radius 3 is 1.79 bits per heavy atom. The molecule has 0 heterocycles. The molecule has 0 saturated heterocycles. The van der Waals surface area contributed by atoms with Crippen molar-refractivity contribution in [3.63, 3.8) is 0 Å². The molecule has 28 heavy (non-hydrogen) atoms. The molecule has 0 aliphatic rings. The number of esters is 2. The van der Waals surface area contributed by atoms with Crippen molar-refractivity contribution in [3.8, 4) is 0 Å². The minimum Gasteiger partial charge on any atom is -0.466 e. The molecule has 0 aromatic heterocycles. The molecule has 2 atom stereocenters. The van der Waals surface area contributed by atoms with E-state index in [9.17, 15) is 9.59 Å².